The van der Waals surface area contributed by atoms with Gasteiger partial charge in [-0.25, -0.2) is 4.79 Å². The van der Waals surface area contributed by atoms with Crippen LogP contribution in [0.2, 0.25) is 0 Å². The Hall–Kier alpha value is -1.51. The predicted octanol–water partition coefficient (Wildman–Crippen LogP) is 2.98. The Morgan fingerprint density at radius 2 is 2.12 bits per heavy atom. The molecule has 0 heterocycles. The number of hydrogen-bond acceptors (Lipinski definition) is 3. The summed E-state index contributed by atoms with van der Waals surface area (Å²) in [4.78, 5) is 11.6. The summed E-state index contributed by atoms with van der Waals surface area (Å²) >= 11 is 0. The Balaban J connectivity index is 2.11. The van der Waals surface area contributed by atoms with Crippen LogP contribution in [0.15, 0.2) is 18.2 Å². The van der Waals surface area contributed by atoms with Crippen molar-refractivity contribution < 1.29 is 14.3 Å². The van der Waals surface area contributed by atoms with Crippen LogP contribution in [-0.2, 0) is 4.74 Å². The minimum Gasteiger partial charge on any atom is -0.489 e. The van der Waals surface area contributed by atoms with E-state index in [0.717, 1.165) is 12.8 Å². The van der Waals surface area contributed by atoms with Crippen molar-refractivity contribution in [3.8, 4) is 5.75 Å². The van der Waals surface area contributed by atoms with Gasteiger partial charge in [0.15, 0.2) is 0 Å². The molecule has 1 aliphatic carbocycles. The molecule has 1 aromatic carbocycles. The number of carbonyl (C=O) groups is 1. The normalized spacial score (nSPS) is 16.5. The average Bonchev–Trinajstić information content (AvgIpc) is 2.40. The largest absolute Gasteiger partial charge is 0.489 e. The molecule has 0 unspecified atom stereocenters. The van der Waals surface area contributed by atoms with Crippen LogP contribution in [0.4, 0.5) is 0 Å². The van der Waals surface area contributed by atoms with Gasteiger partial charge in [0.25, 0.3) is 0 Å². The van der Waals surface area contributed by atoms with Gasteiger partial charge < -0.3 is 9.47 Å². The Bertz CT molecular complexity index is 381. The zero-order chi connectivity index (χ0) is 12.1. The molecule has 17 heavy (non-hydrogen) atoms. The predicted molar refractivity (Wildman–Crippen MR) is 64.1 cm³/mol. The van der Waals surface area contributed by atoms with Gasteiger partial charge in [-0.1, -0.05) is 18.6 Å². The lowest BCUT2D eigenvalue weighted by Crippen LogP contribution is -2.21. The molecule has 91 valence electrons. The van der Waals surface area contributed by atoms with Gasteiger partial charge in [-0.05, 0) is 31.7 Å². The highest BCUT2D eigenvalue weighted by molar-refractivity contribution is 5.92. The zero-order valence-electron chi connectivity index (χ0n) is 10.1. The highest BCUT2D eigenvalue weighted by Gasteiger charge is 2.19. The van der Waals surface area contributed by atoms with E-state index in [1.165, 1.54) is 26.4 Å². The Morgan fingerprint density at radius 1 is 1.35 bits per heavy atom. The van der Waals surface area contributed by atoms with E-state index in [2.05, 4.69) is 6.07 Å². The van der Waals surface area contributed by atoms with Gasteiger partial charge in [-0.2, -0.15) is 0 Å². The third-order valence-electron chi connectivity index (χ3n) is 3.06. The van der Waals surface area contributed by atoms with E-state index in [-0.39, 0.29) is 12.1 Å². The van der Waals surface area contributed by atoms with E-state index >= 15 is 0 Å². The molecule has 0 atom stereocenters. The summed E-state index contributed by atoms with van der Waals surface area (Å²) in [6.45, 7) is 0. The van der Waals surface area contributed by atoms with E-state index in [1.54, 1.807) is 18.2 Å². The number of methoxy groups -OCH3 is 1. The van der Waals surface area contributed by atoms with E-state index in [1.807, 2.05) is 0 Å². The number of carbonyl (C=O) groups excluding carboxylic acids is 1. The lowest BCUT2D eigenvalue weighted by atomic mass is 9.97. The molecule has 0 saturated heterocycles. The first kappa shape index (κ1) is 12.0. The van der Waals surface area contributed by atoms with Gasteiger partial charge in [-0.3, -0.25) is 0 Å². The lowest BCUT2D eigenvalue weighted by Gasteiger charge is -2.23. The van der Waals surface area contributed by atoms with E-state index in [0.29, 0.717) is 11.3 Å². The molecule has 0 amide bonds. The molecule has 1 fully saturated rings. The second-order valence-electron chi connectivity index (χ2n) is 4.28. The molecular weight excluding hydrogens is 216 g/mol. The molecule has 0 spiro atoms. The van der Waals surface area contributed by atoms with E-state index < -0.39 is 0 Å². The van der Waals surface area contributed by atoms with Crippen LogP contribution in [0.1, 0.15) is 42.5 Å². The van der Waals surface area contributed by atoms with Gasteiger partial charge >= 0.3 is 5.97 Å². The molecule has 1 saturated carbocycles. The van der Waals surface area contributed by atoms with E-state index in [4.69, 9.17) is 9.47 Å². The number of para-hydroxylation sites is 1. The van der Waals surface area contributed by atoms with Gasteiger partial charge in [-0.15, -0.1) is 0 Å². The van der Waals surface area contributed by atoms with Crippen LogP contribution in [-0.4, -0.2) is 19.2 Å². The third-order valence-corrected chi connectivity index (χ3v) is 3.06. The zero-order valence-corrected chi connectivity index (χ0v) is 10.1. The van der Waals surface area contributed by atoms with Crippen molar-refractivity contribution >= 4 is 5.97 Å². The first-order valence-corrected chi connectivity index (χ1v) is 6.07. The highest BCUT2D eigenvalue weighted by Crippen LogP contribution is 2.25. The van der Waals surface area contributed by atoms with Crippen LogP contribution in [0.25, 0.3) is 0 Å². The molecule has 1 aliphatic rings. The minimum atomic E-state index is -0.368. The Labute approximate surface area is 102 Å². The molecule has 1 radical (unpaired) electrons. The van der Waals surface area contributed by atoms with Gasteiger partial charge in [0.1, 0.15) is 11.3 Å². The van der Waals surface area contributed by atoms with Crippen LogP contribution in [0, 0.1) is 6.07 Å². The SMILES string of the molecule is COC(=O)c1ccc[c]c1OC1CCCCC1. The summed E-state index contributed by atoms with van der Waals surface area (Å²) in [6.07, 6.45) is 6.01. The highest BCUT2D eigenvalue weighted by atomic mass is 16.5. The summed E-state index contributed by atoms with van der Waals surface area (Å²) < 4.78 is 10.6. The summed E-state index contributed by atoms with van der Waals surface area (Å²) in [5.74, 6) is 0.152. The quantitative estimate of drug-likeness (QED) is 0.753. The maximum atomic E-state index is 11.6. The van der Waals surface area contributed by atoms with Crippen LogP contribution >= 0.6 is 0 Å². The fraction of sp³-hybridized carbons (Fsp3) is 0.500. The van der Waals surface area contributed by atoms with Gasteiger partial charge in [0.2, 0.25) is 0 Å². The van der Waals surface area contributed by atoms with Crippen molar-refractivity contribution in [1.82, 2.24) is 0 Å². The second kappa shape index (κ2) is 5.71. The first-order chi connectivity index (χ1) is 8.31. The van der Waals surface area contributed by atoms with E-state index in [9.17, 15) is 4.79 Å². The Morgan fingerprint density at radius 3 is 2.82 bits per heavy atom. The standard InChI is InChI=1S/C14H17O3/c1-16-14(15)12-9-5-6-10-13(12)17-11-7-3-2-4-8-11/h5-6,9,11H,2-4,7-8H2,1H3. The van der Waals surface area contributed by atoms with Gasteiger partial charge in [0, 0.05) is 6.07 Å². The smallest absolute Gasteiger partial charge is 0.341 e. The van der Waals surface area contributed by atoms with Crippen molar-refractivity contribution in [1.29, 1.82) is 0 Å². The molecule has 0 aromatic heterocycles. The number of benzene rings is 1. The number of hydrogen-bond donors (Lipinski definition) is 0. The number of rotatable bonds is 3. The molecule has 1 aromatic rings. The monoisotopic (exact) mass is 233 g/mol. The summed E-state index contributed by atoms with van der Waals surface area (Å²) in [5.41, 5.74) is 0.459. The lowest BCUT2D eigenvalue weighted by molar-refractivity contribution is 0.0590. The molecule has 2 rings (SSSR count). The fourth-order valence-electron chi connectivity index (χ4n) is 2.14. The third kappa shape index (κ3) is 2.99. The second-order valence-corrected chi connectivity index (χ2v) is 4.28. The summed E-state index contributed by atoms with van der Waals surface area (Å²) in [6, 6.07) is 8.20. The molecular formula is C14H17O3. The maximum Gasteiger partial charge on any atom is 0.341 e. The summed E-state index contributed by atoms with van der Waals surface area (Å²) in [7, 11) is 1.37. The number of ether oxygens (including phenoxy) is 2. The Kier molecular flexibility index (Phi) is 4.02. The van der Waals surface area contributed by atoms with Crippen LogP contribution < -0.4 is 4.74 Å². The van der Waals surface area contributed by atoms with Crippen molar-refractivity contribution in [3.63, 3.8) is 0 Å². The molecule has 0 aliphatic heterocycles. The van der Waals surface area contributed by atoms with Crippen molar-refractivity contribution in [2.45, 2.75) is 38.2 Å². The van der Waals surface area contributed by atoms with Gasteiger partial charge in [0.05, 0.1) is 13.2 Å². The molecule has 3 heteroatoms. The van der Waals surface area contributed by atoms with Crippen molar-refractivity contribution in [2.24, 2.45) is 0 Å². The van der Waals surface area contributed by atoms with Crippen LogP contribution in [0.3, 0.4) is 0 Å². The molecule has 0 bridgehead atoms. The minimum absolute atomic E-state index is 0.214. The van der Waals surface area contributed by atoms with Crippen molar-refractivity contribution in [3.05, 3.63) is 29.8 Å². The average molecular weight is 233 g/mol. The number of esters is 1. The fourth-order valence-corrected chi connectivity index (χ4v) is 2.14. The summed E-state index contributed by atoms with van der Waals surface area (Å²) in [5, 5.41) is 0. The maximum absolute atomic E-state index is 11.6. The van der Waals surface area contributed by atoms with Crippen LogP contribution in [0.5, 0.6) is 5.75 Å². The first-order valence-electron chi connectivity index (χ1n) is 6.07. The molecule has 0 N–H and O–H groups in total. The molecule has 3 nitrogen and oxygen atoms in total. The topological polar surface area (TPSA) is 35.5 Å². The van der Waals surface area contributed by atoms with Crippen molar-refractivity contribution in [2.75, 3.05) is 7.11 Å².